The molecular weight excluding hydrogens is 297 g/mol. The van der Waals surface area contributed by atoms with Crippen LogP contribution in [0.3, 0.4) is 0 Å². The summed E-state index contributed by atoms with van der Waals surface area (Å²) < 4.78 is 38.7. The zero-order valence-electron chi connectivity index (χ0n) is 8.37. The van der Waals surface area contributed by atoms with Crippen molar-refractivity contribution in [3.05, 3.63) is 46.7 Å². The van der Waals surface area contributed by atoms with Crippen LogP contribution in [0.5, 0.6) is 0 Å². The molecule has 1 aromatic carbocycles. The standard InChI is InChI=1S/C11H6BrF3N2/c12-8-4-1-3-7(9(8)11(13,14)15)10-16-5-2-6-17-10/h1-6H. The van der Waals surface area contributed by atoms with E-state index in [4.69, 9.17) is 0 Å². The minimum Gasteiger partial charge on any atom is -0.237 e. The number of benzene rings is 1. The molecule has 0 N–H and O–H groups in total. The molecule has 0 unspecified atom stereocenters. The fourth-order valence-electron chi connectivity index (χ4n) is 1.44. The molecular formula is C11H6BrF3N2. The molecule has 0 aliphatic rings. The minimum absolute atomic E-state index is 0.0186. The Morgan fingerprint density at radius 3 is 2.24 bits per heavy atom. The van der Waals surface area contributed by atoms with Crippen molar-refractivity contribution >= 4 is 15.9 Å². The van der Waals surface area contributed by atoms with Crippen LogP contribution in [-0.2, 0) is 6.18 Å². The fraction of sp³-hybridized carbons (Fsp3) is 0.0909. The quantitative estimate of drug-likeness (QED) is 0.798. The smallest absolute Gasteiger partial charge is 0.237 e. The third kappa shape index (κ3) is 2.46. The fourth-order valence-corrected chi connectivity index (χ4v) is 2.03. The van der Waals surface area contributed by atoms with E-state index in [-0.39, 0.29) is 15.9 Å². The molecule has 0 bridgehead atoms. The molecule has 0 aliphatic heterocycles. The van der Waals surface area contributed by atoms with Crippen LogP contribution in [0.2, 0.25) is 0 Å². The molecule has 1 aromatic heterocycles. The van der Waals surface area contributed by atoms with Crippen molar-refractivity contribution in [2.45, 2.75) is 6.18 Å². The van der Waals surface area contributed by atoms with E-state index in [1.165, 1.54) is 30.6 Å². The van der Waals surface area contributed by atoms with Crippen LogP contribution in [0.15, 0.2) is 41.1 Å². The number of alkyl halides is 3. The van der Waals surface area contributed by atoms with Gasteiger partial charge in [-0.3, -0.25) is 0 Å². The molecule has 0 saturated carbocycles. The third-order valence-electron chi connectivity index (χ3n) is 2.10. The first-order valence-corrected chi connectivity index (χ1v) is 5.42. The summed E-state index contributed by atoms with van der Waals surface area (Å²) >= 11 is 2.90. The van der Waals surface area contributed by atoms with Crippen LogP contribution in [-0.4, -0.2) is 9.97 Å². The maximum Gasteiger partial charge on any atom is 0.418 e. The predicted molar refractivity (Wildman–Crippen MR) is 60.2 cm³/mol. The van der Waals surface area contributed by atoms with Crippen LogP contribution in [0.1, 0.15) is 5.56 Å². The third-order valence-corrected chi connectivity index (χ3v) is 2.76. The Kier molecular flexibility index (Phi) is 3.15. The Balaban J connectivity index is 2.67. The molecule has 0 saturated heterocycles. The van der Waals surface area contributed by atoms with E-state index in [1.807, 2.05) is 0 Å². The number of hydrogen-bond donors (Lipinski definition) is 0. The van der Waals surface area contributed by atoms with E-state index >= 15 is 0 Å². The van der Waals surface area contributed by atoms with Gasteiger partial charge in [0.05, 0.1) is 5.56 Å². The Labute approximate surface area is 104 Å². The second-order valence-electron chi connectivity index (χ2n) is 3.23. The molecule has 0 radical (unpaired) electrons. The van der Waals surface area contributed by atoms with Crippen molar-refractivity contribution in [1.82, 2.24) is 9.97 Å². The molecule has 2 rings (SSSR count). The van der Waals surface area contributed by atoms with Crippen LogP contribution >= 0.6 is 15.9 Å². The lowest BCUT2D eigenvalue weighted by atomic mass is 10.1. The number of nitrogens with zero attached hydrogens (tertiary/aromatic N) is 2. The van der Waals surface area contributed by atoms with Crippen molar-refractivity contribution in [1.29, 1.82) is 0 Å². The van der Waals surface area contributed by atoms with Gasteiger partial charge in [-0.1, -0.05) is 28.1 Å². The van der Waals surface area contributed by atoms with Gasteiger partial charge in [0.15, 0.2) is 5.82 Å². The first-order valence-electron chi connectivity index (χ1n) is 4.63. The van der Waals surface area contributed by atoms with E-state index in [9.17, 15) is 13.2 Å². The van der Waals surface area contributed by atoms with E-state index in [0.29, 0.717) is 0 Å². The van der Waals surface area contributed by atoms with Gasteiger partial charge < -0.3 is 0 Å². The summed E-state index contributed by atoms with van der Waals surface area (Å²) in [6, 6.07) is 5.76. The molecule has 88 valence electrons. The SMILES string of the molecule is FC(F)(F)c1c(Br)cccc1-c1ncccn1. The lowest BCUT2D eigenvalue weighted by molar-refractivity contribution is -0.137. The lowest BCUT2D eigenvalue weighted by Gasteiger charge is -2.13. The molecule has 0 fully saturated rings. The van der Waals surface area contributed by atoms with E-state index in [1.54, 1.807) is 6.07 Å². The number of rotatable bonds is 1. The number of aromatic nitrogens is 2. The monoisotopic (exact) mass is 302 g/mol. The van der Waals surface area contributed by atoms with Gasteiger partial charge in [-0.25, -0.2) is 9.97 Å². The molecule has 2 nitrogen and oxygen atoms in total. The predicted octanol–water partition coefficient (Wildman–Crippen LogP) is 3.92. The van der Waals surface area contributed by atoms with Gasteiger partial charge in [-0.15, -0.1) is 0 Å². The van der Waals surface area contributed by atoms with Gasteiger partial charge in [0, 0.05) is 22.4 Å². The average Bonchev–Trinajstić information content (AvgIpc) is 2.28. The summed E-state index contributed by atoms with van der Waals surface area (Å²) in [5.41, 5.74) is -0.793. The van der Waals surface area contributed by atoms with Crippen LogP contribution in [0.25, 0.3) is 11.4 Å². The van der Waals surface area contributed by atoms with Gasteiger partial charge in [0.25, 0.3) is 0 Å². The molecule has 6 heteroatoms. The van der Waals surface area contributed by atoms with Gasteiger partial charge in [-0.05, 0) is 12.1 Å². The topological polar surface area (TPSA) is 25.8 Å². The summed E-state index contributed by atoms with van der Waals surface area (Å²) in [5.74, 6) is 0.0566. The van der Waals surface area contributed by atoms with E-state index in [0.717, 1.165) is 0 Å². The van der Waals surface area contributed by atoms with Crippen molar-refractivity contribution in [3.8, 4) is 11.4 Å². The second kappa shape index (κ2) is 4.44. The van der Waals surface area contributed by atoms with Crippen LogP contribution in [0, 0.1) is 0 Å². The Morgan fingerprint density at radius 1 is 1.00 bits per heavy atom. The molecule has 0 spiro atoms. The normalized spacial score (nSPS) is 11.5. The largest absolute Gasteiger partial charge is 0.418 e. The van der Waals surface area contributed by atoms with Crippen molar-refractivity contribution in [2.75, 3.05) is 0 Å². The second-order valence-corrected chi connectivity index (χ2v) is 4.09. The van der Waals surface area contributed by atoms with Gasteiger partial charge >= 0.3 is 6.18 Å². The molecule has 2 aromatic rings. The zero-order chi connectivity index (χ0) is 12.5. The van der Waals surface area contributed by atoms with Crippen LogP contribution in [0.4, 0.5) is 13.2 Å². The van der Waals surface area contributed by atoms with Crippen LogP contribution < -0.4 is 0 Å². The first kappa shape index (κ1) is 12.0. The highest BCUT2D eigenvalue weighted by molar-refractivity contribution is 9.10. The molecule has 17 heavy (non-hydrogen) atoms. The minimum atomic E-state index is -4.45. The van der Waals surface area contributed by atoms with Crippen molar-refractivity contribution < 1.29 is 13.2 Å². The molecule has 0 aliphatic carbocycles. The molecule has 1 heterocycles. The van der Waals surface area contributed by atoms with E-state index in [2.05, 4.69) is 25.9 Å². The Hall–Kier alpha value is -1.43. The summed E-state index contributed by atoms with van der Waals surface area (Å²) in [5, 5.41) is 0. The molecule has 0 amide bonds. The van der Waals surface area contributed by atoms with Gasteiger partial charge in [-0.2, -0.15) is 13.2 Å². The highest BCUT2D eigenvalue weighted by Gasteiger charge is 2.36. The molecule has 0 atom stereocenters. The number of halogens is 4. The van der Waals surface area contributed by atoms with Crippen molar-refractivity contribution in [3.63, 3.8) is 0 Å². The van der Waals surface area contributed by atoms with Gasteiger partial charge in [0.1, 0.15) is 0 Å². The maximum absolute atomic E-state index is 12.9. The summed E-state index contributed by atoms with van der Waals surface area (Å²) in [6.07, 6.45) is -1.64. The Morgan fingerprint density at radius 2 is 1.65 bits per heavy atom. The van der Waals surface area contributed by atoms with E-state index < -0.39 is 11.7 Å². The first-order chi connectivity index (χ1) is 8.00. The average molecular weight is 303 g/mol. The zero-order valence-corrected chi connectivity index (χ0v) is 9.96. The highest BCUT2D eigenvalue weighted by atomic mass is 79.9. The Bertz CT molecular complexity index is 526. The number of hydrogen-bond acceptors (Lipinski definition) is 2. The summed E-state index contributed by atoms with van der Waals surface area (Å²) in [6.45, 7) is 0. The van der Waals surface area contributed by atoms with Gasteiger partial charge in [0.2, 0.25) is 0 Å². The summed E-state index contributed by atoms with van der Waals surface area (Å²) in [4.78, 5) is 7.66. The maximum atomic E-state index is 12.9. The summed E-state index contributed by atoms with van der Waals surface area (Å²) in [7, 11) is 0. The lowest BCUT2D eigenvalue weighted by Crippen LogP contribution is -2.09. The highest BCUT2D eigenvalue weighted by Crippen LogP contribution is 2.40. The van der Waals surface area contributed by atoms with Crippen molar-refractivity contribution in [2.24, 2.45) is 0 Å².